The van der Waals surface area contributed by atoms with E-state index in [2.05, 4.69) is 0 Å². The minimum Gasteiger partial charge on any atom is -0.528 e. The summed E-state index contributed by atoms with van der Waals surface area (Å²) in [4.78, 5) is 0. The lowest BCUT2D eigenvalue weighted by atomic mass is 10.2. The lowest BCUT2D eigenvalue weighted by Gasteiger charge is -2.11. The maximum atomic E-state index is 5.92. The molecule has 0 aromatic heterocycles. The second-order valence-electron chi connectivity index (χ2n) is 7.19. The van der Waals surface area contributed by atoms with Crippen molar-refractivity contribution < 1.29 is 18.8 Å². The molecule has 0 bridgehead atoms. The molecule has 0 saturated heterocycles. The van der Waals surface area contributed by atoms with Gasteiger partial charge < -0.3 is 18.8 Å². The predicted octanol–water partition coefficient (Wildman–Crippen LogP) is 6.88. The fourth-order valence-electron chi connectivity index (χ4n) is 2.97. The number of benzene rings is 4. The van der Waals surface area contributed by atoms with Gasteiger partial charge in [-0.2, -0.15) is 0 Å². The predicted molar refractivity (Wildman–Crippen MR) is 133 cm³/mol. The Morgan fingerprint density at radius 1 is 0.515 bits per heavy atom. The molecule has 0 amide bonds. The average molecular weight is 479 g/mol. The van der Waals surface area contributed by atoms with Gasteiger partial charge in [0, 0.05) is 22.2 Å². The lowest BCUT2D eigenvalue weighted by molar-refractivity contribution is 0.304. The van der Waals surface area contributed by atoms with E-state index in [0.29, 0.717) is 46.3 Å². The Morgan fingerprint density at radius 3 is 1.33 bits per heavy atom. The third-order valence-electron chi connectivity index (χ3n) is 4.70. The van der Waals surface area contributed by atoms with E-state index >= 15 is 0 Å². The summed E-state index contributed by atoms with van der Waals surface area (Å²) in [6, 6.07) is 30.0. The third-order valence-corrected chi connectivity index (χ3v) is 5.20. The van der Waals surface area contributed by atoms with Gasteiger partial charge in [-0.05, 0) is 59.7 Å². The maximum absolute atomic E-state index is 5.92. The lowest BCUT2D eigenvalue weighted by Crippen LogP contribution is -2.11. The zero-order chi connectivity index (χ0) is 22.9. The molecule has 0 fully saturated rings. The first-order chi connectivity index (χ1) is 16.1. The molecule has 4 nitrogen and oxygen atoms in total. The molecule has 0 saturated carbocycles. The molecule has 166 valence electrons. The van der Waals surface area contributed by atoms with E-state index in [1.54, 1.807) is 0 Å². The highest BCUT2D eigenvalue weighted by molar-refractivity contribution is 6.30. The number of hydrogen-bond acceptors (Lipinski definition) is 4. The van der Waals surface area contributed by atoms with Gasteiger partial charge in [0.05, 0.1) is 0 Å². The summed E-state index contributed by atoms with van der Waals surface area (Å²) in [7, 11) is 0.0568. The van der Waals surface area contributed by atoms with Crippen molar-refractivity contribution in [3.63, 3.8) is 0 Å². The van der Waals surface area contributed by atoms with Crippen LogP contribution >= 0.6 is 23.2 Å². The summed E-state index contributed by atoms with van der Waals surface area (Å²) in [6.45, 7) is 0.889. The van der Waals surface area contributed by atoms with Crippen LogP contribution in [0.25, 0.3) is 0 Å². The Morgan fingerprint density at radius 2 is 0.909 bits per heavy atom. The van der Waals surface area contributed by atoms with Crippen LogP contribution in [-0.2, 0) is 13.2 Å². The van der Waals surface area contributed by atoms with Crippen LogP contribution < -0.4 is 18.8 Å². The van der Waals surface area contributed by atoms with Gasteiger partial charge >= 0.3 is 7.69 Å². The molecule has 4 aromatic carbocycles. The van der Waals surface area contributed by atoms with E-state index in [1.807, 2.05) is 97.1 Å². The summed E-state index contributed by atoms with van der Waals surface area (Å²) in [5.74, 6) is 2.72. The van der Waals surface area contributed by atoms with Crippen molar-refractivity contribution in [3.8, 4) is 23.0 Å². The quantitative estimate of drug-likeness (QED) is 0.233. The first-order valence-corrected chi connectivity index (χ1v) is 11.1. The number of halogens is 2. The molecule has 0 aliphatic heterocycles. The van der Waals surface area contributed by atoms with Crippen LogP contribution in [0.5, 0.6) is 23.0 Å². The van der Waals surface area contributed by atoms with Crippen molar-refractivity contribution in [2.45, 2.75) is 13.2 Å². The summed E-state index contributed by atoms with van der Waals surface area (Å²) in [6.07, 6.45) is 0. The summed E-state index contributed by atoms with van der Waals surface area (Å²) < 4.78 is 23.1. The number of ether oxygens (including phenoxy) is 2. The molecule has 0 N–H and O–H groups in total. The summed E-state index contributed by atoms with van der Waals surface area (Å²) in [5, 5.41) is 1.40. The Balaban J connectivity index is 1.25. The summed E-state index contributed by atoms with van der Waals surface area (Å²) >= 11 is 11.8. The van der Waals surface area contributed by atoms with Crippen LogP contribution in [0.4, 0.5) is 0 Å². The molecular weight excluding hydrogens is 458 g/mol. The highest BCUT2D eigenvalue weighted by Crippen LogP contribution is 2.23. The van der Waals surface area contributed by atoms with Gasteiger partial charge in [0.25, 0.3) is 0 Å². The molecule has 33 heavy (non-hydrogen) atoms. The Labute approximate surface area is 203 Å². The minimum absolute atomic E-state index is 0.0568. The molecule has 0 aliphatic rings. The van der Waals surface area contributed by atoms with Crippen LogP contribution in [0.2, 0.25) is 10.0 Å². The minimum atomic E-state index is 0.0568. The highest BCUT2D eigenvalue weighted by Gasteiger charge is 2.04. The van der Waals surface area contributed by atoms with Gasteiger partial charge in [0.2, 0.25) is 0 Å². The molecule has 7 heteroatoms. The van der Waals surface area contributed by atoms with Crippen molar-refractivity contribution in [3.05, 3.63) is 118 Å². The molecule has 4 rings (SSSR count). The molecule has 0 unspecified atom stereocenters. The van der Waals surface area contributed by atoms with E-state index < -0.39 is 0 Å². The van der Waals surface area contributed by atoms with E-state index in [1.165, 1.54) is 0 Å². The molecule has 4 aromatic rings. The van der Waals surface area contributed by atoms with Crippen LogP contribution in [-0.4, -0.2) is 7.69 Å². The van der Waals surface area contributed by atoms with Crippen molar-refractivity contribution in [1.29, 1.82) is 0 Å². The fraction of sp³-hybridized carbons (Fsp3) is 0.0769. The molecule has 0 aliphatic carbocycles. The van der Waals surface area contributed by atoms with Crippen molar-refractivity contribution in [2.75, 3.05) is 0 Å². The first-order valence-electron chi connectivity index (χ1n) is 10.3. The molecule has 0 radical (unpaired) electrons. The molecule has 0 heterocycles. The van der Waals surface area contributed by atoms with Gasteiger partial charge in [0.15, 0.2) is 0 Å². The van der Waals surface area contributed by atoms with Crippen molar-refractivity contribution >= 4 is 30.9 Å². The maximum Gasteiger partial charge on any atom is 0.576 e. The Bertz CT molecular complexity index is 1070. The fourth-order valence-corrected chi connectivity index (χ4v) is 3.22. The van der Waals surface area contributed by atoms with Gasteiger partial charge in [-0.25, -0.2) is 0 Å². The smallest absolute Gasteiger partial charge is 0.528 e. The van der Waals surface area contributed by atoms with E-state index in [9.17, 15) is 0 Å². The zero-order valence-corrected chi connectivity index (χ0v) is 19.3. The molecule has 0 spiro atoms. The third kappa shape index (κ3) is 7.38. The van der Waals surface area contributed by atoms with Crippen LogP contribution in [0, 0.1) is 0 Å². The first kappa shape index (κ1) is 22.9. The Hall–Kier alpha value is -3.28. The topological polar surface area (TPSA) is 36.9 Å². The number of hydrogen-bond donors (Lipinski definition) is 0. The Kier molecular flexibility index (Phi) is 8.02. The van der Waals surface area contributed by atoms with Crippen molar-refractivity contribution in [1.82, 2.24) is 0 Å². The summed E-state index contributed by atoms with van der Waals surface area (Å²) in [5.41, 5.74) is 2.07. The van der Waals surface area contributed by atoms with Crippen LogP contribution in [0.3, 0.4) is 0 Å². The molecule has 0 atom stereocenters. The van der Waals surface area contributed by atoms with Crippen molar-refractivity contribution in [2.24, 2.45) is 0 Å². The van der Waals surface area contributed by atoms with Gasteiger partial charge in [0.1, 0.15) is 36.2 Å². The SMILES string of the molecule is Clc1ccc(COc2cccc(OBOc3cccc(OCc4ccc(Cl)cc4)c3)c2)cc1. The average Bonchev–Trinajstić information content (AvgIpc) is 2.84. The van der Waals surface area contributed by atoms with E-state index in [-0.39, 0.29) is 7.69 Å². The van der Waals surface area contributed by atoms with E-state index in [0.717, 1.165) is 11.1 Å². The second-order valence-corrected chi connectivity index (χ2v) is 8.06. The zero-order valence-electron chi connectivity index (χ0n) is 17.7. The largest absolute Gasteiger partial charge is 0.576 e. The second kappa shape index (κ2) is 11.5. The highest BCUT2D eigenvalue weighted by atomic mass is 35.5. The number of rotatable bonds is 10. The molecular formula is C26H21BCl2O4. The van der Waals surface area contributed by atoms with E-state index in [4.69, 9.17) is 42.0 Å². The van der Waals surface area contributed by atoms with Gasteiger partial charge in [-0.1, -0.05) is 59.6 Å². The normalized spacial score (nSPS) is 10.4. The van der Waals surface area contributed by atoms with Crippen LogP contribution in [0.15, 0.2) is 97.1 Å². The van der Waals surface area contributed by atoms with Crippen LogP contribution in [0.1, 0.15) is 11.1 Å². The van der Waals surface area contributed by atoms with Gasteiger partial charge in [-0.3, -0.25) is 0 Å². The monoisotopic (exact) mass is 478 g/mol. The van der Waals surface area contributed by atoms with Gasteiger partial charge in [-0.15, -0.1) is 0 Å². The standard InChI is InChI=1S/C26H21BCl2O4/c28-21-11-7-19(8-12-21)17-30-23-3-1-5-25(15-23)32-27-33-26-6-2-4-24(16-26)31-18-20-9-13-22(29)14-10-20/h1-16,27H,17-18H2.